The van der Waals surface area contributed by atoms with Gasteiger partial charge in [-0.3, -0.25) is 0 Å². The number of nitrogens with two attached hydrogens (primary N) is 1. The van der Waals surface area contributed by atoms with E-state index in [0.717, 1.165) is 29.7 Å². The molecule has 9 nitrogen and oxygen atoms in total. The number of unbranched alkanes of at least 4 members (excludes halogenated alkanes) is 1. The molecule has 0 aliphatic rings. The molecule has 3 aromatic heterocycles. The number of fused-ring (bicyclic) bond motifs is 1. The van der Waals surface area contributed by atoms with E-state index in [0.29, 0.717) is 31.0 Å². The molecule has 1 aromatic carbocycles. The fraction of sp³-hybridized carbons (Fsp3) is 0.316. The summed E-state index contributed by atoms with van der Waals surface area (Å²) in [6.07, 6.45) is 7.78. The quantitative estimate of drug-likeness (QED) is 0.468. The van der Waals surface area contributed by atoms with Gasteiger partial charge in [-0.1, -0.05) is 37.6 Å². The fourth-order valence-electron chi connectivity index (χ4n) is 2.86. The van der Waals surface area contributed by atoms with Crippen molar-refractivity contribution in [1.82, 2.24) is 34.3 Å². The molecule has 0 saturated carbocycles. The number of benzene rings is 1. The van der Waals surface area contributed by atoms with Crippen LogP contribution >= 0.6 is 0 Å². The lowest BCUT2D eigenvalue weighted by Crippen LogP contribution is -2.06. The van der Waals surface area contributed by atoms with Gasteiger partial charge in [0, 0.05) is 6.42 Å². The van der Waals surface area contributed by atoms with E-state index in [1.807, 2.05) is 6.20 Å². The molecule has 0 aliphatic heterocycles. The van der Waals surface area contributed by atoms with Crippen molar-refractivity contribution in [1.29, 1.82) is 0 Å². The second-order valence-corrected chi connectivity index (χ2v) is 6.57. The van der Waals surface area contributed by atoms with Crippen LogP contribution in [0.5, 0.6) is 6.01 Å². The van der Waals surface area contributed by atoms with Crippen molar-refractivity contribution in [3.8, 4) is 6.01 Å². The lowest BCUT2D eigenvalue weighted by atomic mass is 10.1. The number of nitrogens with zero attached hydrogens (tertiary/aromatic N) is 7. The summed E-state index contributed by atoms with van der Waals surface area (Å²) < 4.78 is 8.98. The molecule has 0 spiro atoms. The van der Waals surface area contributed by atoms with Crippen molar-refractivity contribution in [2.24, 2.45) is 0 Å². The highest BCUT2D eigenvalue weighted by atomic mass is 16.5. The summed E-state index contributed by atoms with van der Waals surface area (Å²) in [5.41, 5.74) is 9.75. The molecule has 0 atom stereocenters. The van der Waals surface area contributed by atoms with Crippen molar-refractivity contribution >= 4 is 11.5 Å². The number of aromatic nitrogens is 7. The van der Waals surface area contributed by atoms with Gasteiger partial charge in [0.1, 0.15) is 12.7 Å². The third kappa shape index (κ3) is 4.08. The Labute approximate surface area is 162 Å². The Bertz CT molecular complexity index is 1040. The smallest absolute Gasteiger partial charge is 0.336 e. The molecule has 4 aromatic rings. The van der Waals surface area contributed by atoms with Gasteiger partial charge >= 0.3 is 6.01 Å². The normalized spacial score (nSPS) is 11.2. The van der Waals surface area contributed by atoms with Crippen LogP contribution in [-0.2, 0) is 13.0 Å². The average Bonchev–Trinajstić information content (AvgIpc) is 3.33. The molecule has 0 bridgehead atoms. The Hall–Kier alpha value is -3.49. The van der Waals surface area contributed by atoms with Gasteiger partial charge in [0.05, 0.1) is 25.0 Å². The van der Waals surface area contributed by atoms with Crippen LogP contribution in [0.3, 0.4) is 0 Å². The summed E-state index contributed by atoms with van der Waals surface area (Å²) in [4.78, 5) is 12.7. The zero-order valence-corrected chi connectivity index (χ0v) is 15.7. The van der Waals surface area contributed by atoms with Crippen LogP contribution in [-0.4, -0.2) is 41.0 Å². The molecule has 28 heavy (non-hydrogen) atoms. The first-order valence-corrected chi connectivity index (χ1v) is 9.26. The first-order chi connectivity index (χ1) is 13.7. The highest BCUT2D eigenvalue weighted by Gasteiger charge is 2.11. The Morgan fingerprint density at radius 3 is 2.68 bits per heavy atom. The zero-order valence-electron chi connectivity index (χ0n) is 15.7. The van der Waals surface area contributed by atoms with Gasteiger partial charge < -0.3 is 10.5 Å². The molecule has 0 radical (unpaired) electrons. The Balaban J connectivity index is 1.47. The monoisotopic (exact) mass is 378 g/mol. The van der Waals surface area contributed by atoms with Crippen LogP contribution in [0.25, 0.3) is 5.65 Å². The van der Waals surface area contributed by atoms with E-state index in [1.165, 1.54) is 6.33 Å². The predicted molar refractivity (Wildman–Crippen MR) is 104 cm³/mol. The van der Waals surface area contributed by atoms with Crippen molar-refractivity contribution in [2.75, 3.05) is 12.3 Å². The van der Waals surface area contributed by atoms with E-state index < -0.39 is 0 Å². The third-order valence-corrected chi connectivity index (χ3v) is 4.32. The van der Waals surface area contributed by atoms with Crippen molar-refractivity contribution in [3.63, 3.8) is 0 Å². The lowest BCUT2D eigenvalue weighted by molar-refractivity contribution is 0.281. The Morgan fingerprint density at radius 1 is 1.11 bits per heavy atom. The summed E-state index contributed by atoms with van der Waals surface area (Å²) in [6.45, 7) is 3.37. The highest BCUT2D eigenvalue weighted by Crippen LogP contribution is 2.16. The van der Waals surface area contributed by atoms with Gasteiger partial charge in [0.2, 0.25) is 0 Å². The minimum atomic E-state index is 0.278. The molecule has 0 unspecified atom stereocenters. The maximum atomic E-state index is 6.02. The maximum absolute atomic E-state index is 6.02. The lowest BCUT2D eigenvalue weighted by Gasteiger charge is -2.04. The number of nitrogen functional groups attached to an aromatic ring is 1. The van der Waals surface area contributed by atoms with Crippen LogP contribution in [0.15, 0.2) is 43.1 Å². The molecule has 0 fully saturated rings. The predicted octanol–water partition coefficient (Wildman–Crippen LogP) is 2.12. The number of anilines is 1. The number of rotatable bonds is 8. The summed E-state index contributed by atoms with van der Waals surface area (Å²) in [6, 6.07) is 8.62. The second-order valence-electron chi connectivity index (χ2n) is 6.57. The SMILES string of the molecule is CCCCOc1nc(N)c2nc(Cc3ccc(Cn4cncn4)cc3)cn2n1. The van der Waals surface area contributed by atoms with Crippen molar-refractivity contribution in [3.05, 3.63) is 59.9 Å². The van der Waals surface area contributed by atoms with Crippen molar-refractivity contribution < 1.29 is 4.74 Å². The standard InChI is InChI=1S/C19H22N8O/c1-2-3-8-28-19-24-17(20)18-23-16(11-27(18)25-19)9-14-4-6-15(7-5-14)10-26-13-21-12-22-26/h4-7,11-13H,2-3,8-10H2,1H3,(H2,20,24,25). The van der Waals surface area contributed by atoms with Gasteiger partial charge in [0.25, 0.3) is 0 Å². The van der Waals surface area contributed by atoms with Gasteiger partial charge in [-0.05, 0) is 17.5 Å². The second kappa shape index (κ2) is 8.03. The summed E-state index contributed by atoms with van der Waals surface area (Å²) in [5.74, 6) is 0.316. The molecular formula is C19H22N8O. The first-order valence-electron chi connectivity index (χ1n) is 9.26. The number of hydrogen-bond donors (Lipinski definition) is 1. The largest absolute Gasteiger partial charge is 0.462 e. The zero-order chi connectivity index (χ0) is 19.3. The molecule has 3 heterocycles. The first kappa shape index (κ1) is 17.9. The number of ether oxygens (including phenoxy) is 1. The molecule has 9 heteroatoms. The van der Waals surface area contributed by atoms with Gasteiger partial charge in [0.15, 0.2) is 11.5 Å². The number of imidazole rings is 1. The minimum absolute atomic E-state index is 0.278. The number of hydrogen-bond acceptors (Lipinski definition) is 7. The van der Waals surface area contributed by atoms with E-state index in [2.05, 4.69) is 56.3 Å². The maximum Gasteiger partial charge on any atom is 0.336 e. The summed E-state index contributed by atoms with van der Waals surface area (Å²) >= 11 is 0. The topological polar surface area (TPSA) is 109 Å². The van der Waals surface area contributed by atoms with Crippen molar-refractivity contribution in [2.45, 2.75) is 32.7 Å². The van der Waals surface area contributed by atoms with Crippen LogP contribution in [0.1, 0.15) is 36.6 Å². The molecule has 0 saturated heterocycles. The highest BCUT2D eigenvalue weighted by molar-refractivity contribution is 5.59. The van der Waals surface area contributed by atoms with Crippen LogP contribution in [0, 0.1) is 0 Å². The molecule has 2 N–H and O–H groups in total. The van der Waals surface area contributed by atoms with Crippen LogP contribution in [0.2, 0.25) is 0 Å². The molecule has 144 valence electrons. The van der Waals surface area contributed by atoms with E-state index in [-0.39, 0.29) is 6.01 Å². The molecule has 4 rings (SSSR count). The van der Waals surface area contributed by atoms with Crippen LogP contribution in [0.4, 0.5) is 5.82 Å². The van der Waals surface area contributed by atoms with E-state index >= 15 is 0 Å². The van der Waals surface area contributed by atoms with E-state index in [4.69, 9.17) is 10.5 Å². The van der Waals surface area contributed by atoms with Gasteiger partial charge in [-0.2, -0.15) is 10.1 Å². The summed E-state index contributed by atoms with van der Waals surface area (Å²) in [5, 5.41) is 8.47. The Morgan fingerprint density at radius 2 is 1.93 bits per heavy atom. The Kier molecular flexibility index (Phi) is 5.14. The third-order valence-electron chi connectivity index (χ3n) is 4.32. The molecular weight excluding hydrogens is 356 g/mol. The molecule has 0 amide bonds. The van der Waals surface area contributed by atoms with Gasteiger partial charge in [-0.25, -0.2) is 19.2 Å². The van der Waals surface area contributed by atoms with Gasteiger partial charge in [-0.15, -0.1) is 5.10 Å². The van der Waals surface area contributed by atoms with Crippen LogP contribution < -0.4 is 10.5 Å². The van der Waals surface area contributed by atoms with E-state index in [9.17, 15) is 0 Å². The summed E-state index contributed by atoms with van der Waals surface area (Å²) in [7, 11) is 0. The van der Waals surface area contributed by atoms with E-state index in [1.54, 1.807) is 15.5 Å². The average molecular weight is 378 g/mol. The minimum Gasteiger partial charge on any atom is -0.462 e. The fourth-order valence-corrected chi connectivity index (χ4v) is 2.86. The molecule has 0 aliphatic carbocycles.